The smallest absolute Gasteiger partial charge is 0.133 e. The molecule has 0 radical (unpaired) electrons. The Balaban J connectivity index is 2.99. The van der Waals surface area contributed by atoms with Crippen LogP contribution in [0.3, 0.4) is 0 Å². The van der Waals surface area contributed by atoms with Gasteiger partial charge in [-0.2, -0.15) is 5.48 Å². The Morgan fingerprint density at radius 1 is 1.33 bits per heavy atom. The van der Waals surface area contributed by atoms with E-state index in [1.165, 1.54) is 5.56 Å². The van der Waals surface area contributed by atoms with Crippen molar-refractivity contribution in [1.29, 1.82) is 0 Å². The first-order valence-electron chi connectivity index (χ1n) is 4.82. The van der Waals surface area contributed by atoms with Crippen LogP contribution >= 0.6 is 0 Å². The van der Waals surface area contributed by atoms with E-state index in [1.54, 1.807) is 12.3 Å². The van der Waals surface area contributed by atoms with Crippen molar-refractivity contribution in [3.63, 3.8) is 0 Å². The van der Waals surface area contributed by atoms with Gasteiger partial charge in [-0.1, -0.05) is 48.6 Å². The number of benzene rings is 1. The number of hydrogen-bond acceptors (Lipinski definition) is 1. The lowest BCUT2D eigenvalue weighted by atomic mass is 10.0. The molecule has 0 aliphatic heterocycles. The van der Waals surface area contributed by atoms with Crippen LogP contribution in [0.15, 0.2) is 55.3 Å². The van der Waals surface area contributed by atoms with Gasteiger partial charge in [0.05, 0.1) is 0 Å². The van der Waals surface area contributed by atoms with Gasteiger partial charge in [-0.25, -0.2) is 5.21 Å². The molecule has 0 heterocycles. The van der Waals surface area contributed by atoms with Crippen molar-refractivity contribution in [2.45, 2.75) is 6.92 Å². The number of hydroxylamine groups is 1. The van der Waals surface area contributed by atoms with Gasteiger partial charge >= 0.3 is 0 Å². The summed E-state index contributed by atoms with van der Waals surface area (Å²) in [4.78, 5) is 0. The maximum atomic E-state index is 8.79. The Labute approximate surface area is 90.2 Å². The number of rotatable bonds is 4. The van der Waals surface area contributed by atoms with Crippen molar-refractivity contribution < 1.29 is 10.7 Å². The topological polar surface area (TPSA) is 36.8 Å². The minimum atomic E-state index is 0.956. The highest BCUT2D eigenvalue weighted by Gasteiger charge is 1.98. The molecule has 3 N–H and O–H groups in total. The predicted octanol–water partition coefficient (Wildman–Crippen LogP) is 2.03. The number of quaternary nitrogens is 1. The molecular weight excluding hydrogens is 186 g/mol. The van der Waals surface area contributed by atoms with Crippen LogP contribution in [0.2, 0.25) is 0 Å². The summed E-state index contributed by atoms with van der Waals surface area (Å²) in [5.41, 5.74) is 4.29. The molecule has 0 aromatic heterocycles. The molecule has 0 bridgehead atoms. The highest BCUT2D eigenvalue weighted by atomic mass is 16.5. The number of nitrogens with two attached hydrogens (primary N) is 1. The summed E-state index contributed by atoms with van der Waals surface area (Å²) in [5, 5.41) is 8.79. The van der Waals surface area contributed by atoms with Crippen LogP contribution in [0.1, 0.15) is 11.1 Å². The van der Waals surface area contributed by atoms with Gasteiger partial charge in [0, 0.05) is 5.57 Å². The number of allylic oxidation sites excluding steroid dienone is 4. The van der Waals surface area contributed by atoms with Gasteiger partial charge < -0.3 is 0 Å². The van der Waals surface area contributed by atoms with Gasteiger partial charge in [-0.15, -0.1) is 0 Å². The molecule has 2 heteroatoms. The molecule has 78 valence electrons. The maximum absolute atomic E-state index is 8.79. The van der Waals surface area contributed by atoms with Gasteiger partial charge in [-0.05, 0) is 18.6 Å². The molecule has 0 amide bonds. The lowest BCUT2D eigenvalue weighted by molar-refractivity contribution is -0.837. The fourth-order valence-electron chi connectivity index (χ4n) is 1.25. The molecule has 0 saturated heterocycles. The van der Waals surface area contributed by atoms with Gasteiger partial charge in [0.25, 0.3) is 0 Å². The van der Waals surface area contributed by atoms with E-state index in [1.807, 2.05) is 43.3 Å². The Morgan fingerprint density at radius 3 is 2.53 bits per heavy atom. The predicted molar refractivity (Wildman–Crippen MR) is 62.2 cm³/mol. The van der Waals surface area contributed by atoms with E-state index in [-0.39, 0.29) is 0 Å². The van der Waals surface area contributed by atoms with Crippen LogP contribution < -0.4 is 5.48 Å². The average Bonchev–Trinajstić information content (AvgIpc) is 2.25. The molecule has 0 atom stereocenters. The fraction of sp³-hybridized carbons (Fsp3) is 0.0769. The molecule has 0 saturated carbocycles. The third-order valence-electron chi connectivity index (χ3n) is 2.05. The van der Waals surface area contributed by atoms with E-state index in [2.05, 4.69) is 6.58 Å². The standard InChI is InChI=1S/C13H15NO/c1-3-4-5-13(10-14-15)12-8-6-11(2)7-9-12/h3-10,14-15H,1H2,2H3/p+1/b5-4-,13-10+. The molecule has 15 heavy (non-hydrogen) atoms. The van der Waals surface area contributed by atoms with Crippen LogP contribution in [0, 0.1) is 6.92 Å². The SMILES string of the molecule is C=C/C=C\C(=C/[NH2+]O)c1ccc(C)cc1. The minimum Gasteiger partial charge on any atom is -0.216 e. The molecule has 2 nitrogen and oxygen atoms in total. The van der Waals surface area contributed by atoms with Crippen molar-refractivity contribution in [2.75, 3.05) is 0 Å². The fourth-order valence-corrected chi connectivity index (χ4v) is 1.25. The van der Waals surface area contributed by atoms with E-state index in [4.69, 9.17) is 5.21 Å². The lowest BCUT2D eigenvalue weighted by Crippen LogP contribution is -2.73. The van der Waals surface area contributed by atoms with Crippen molar-refractivity contribution in [3.8, 4) is 0 Å². The largest absolute Gasteiger partial charge is 0.216 e. The zero-order valence-electron chi connectivity index (χ0n) is 8.85. The Hall–Kier alpha value is -1.64. The molecule has 0 spiro atoms. The first-order chi connectivity index (χ1) is 7.27. The highest BCUT2D eigenvalue weighted by Crippen LogP contribution is 2.15. The molecule has 0 aliphatic carbocycles. The Kier molecular flexibility index (Phi) is 4.54. The quantitative estimate of drug-likeness (QED) is 0.569. The van der Waals surface area contributed by atoms with Gasteiger partial charge in [0.2, 0.25) is 0 Å². The summed E-state index contributed by atoms with van der Waals surface area (Å²) in [6, 6.07) is 8.14. The van der Waals surface area contributed by atoms with Crippen LogP contribution in [0.25, 0.3) is 5.57 Å². The number of aryl methyl sites for hydroxylation is 1. The van der Waals surface area contributed by atoms with Crippen molar-refractivity contribution in [1.82, 2.24) is 0 Å². The summed E-state index contributed by atoms with van der Waals surface area (Å²) in [7, 11) is 0. The maximum Gasteiger partial charge on any atom is 0.133 e. The average molecular weight is 202 g/mol. The van der Waals surface area contributed by atoms with E-state index >= 15 is 0 Å². The summed E-state index contributed by atoms with van der Waals surface area (Å²) < 4.78 is 0. The van der Waals surface area contributed by atoms with Crippen LogP contribution in [-0.2, 0) is 0 Å². The van der Waals surface area contributed by atoms with Crippen LogP contribution in [-0.4, -0.2) is 5.21 Å². The van der Waals surface area contributed by atoms with Crippen LogP contribution in [0.4, 0.5) is 0 Å². The number of hydrogen-bond donors (Lipinski definition) is 2. The molecule has 1 aromatic rings. The van der Waals surface area contributed by atoms with Gasteiger partial charge in [-0.3, -0.25) is 0 Å². The zero-order chi connectivity index (χ0) is 11.1. The minimum absolute atomic E-state index is 0.956. The Morgan fingerprint density at radius 2 is 2.00 bits per heavy atom. The molecule has 0 fully saturated rings. The van der Waals surface area contributed by atoms with Gasteiger partial charge in [0.1, 0.15) is 6.20 Å². The third kappa shape index (κ3) is 3.54. The van der Waals surface area contributed by atoms with Crippen molar-refractivity contribution in [2.24, 2.45) is 0 Å². The first kappa shape index (κ1) is 11.4. The van der Waals surface area contributed by atoms with Crippen molar-refractivity contribution >= 4 is 5.57 Å². The van der Waals surface area contributed by atoms with E-state index in [9.17, 15) is 0 Å². The van der Waals surface area contributed by atoms with Crippen molar-refractivity contribution in [3.05, 3.63) is 66.4 Å². The van der Waals surface area contributed by atoms with Crippen LogP contribution in [0.5, 0.6) is 0 Å². The summed E-state index contributed by atoms with van der Waals surface area (Å²) in [6.45, 7) is 5.66. The summed E-state index contributed by atoms with van der Waals surface area (Å²) in [6.07, 6.45) is 7.11. The van der Waals surface area contributed by atoms with E-state index in [0.717, 1.165) is 16.6 Å². The second-order valence-corrected chi connectivity index (χ2v) is 3.23. The van der Waals surface area contributed by atoms with Gasteiger partial charge in [0.15, 0.2) is 0 Å². The normalized spacial score (nSPS) is 12.0. The molecular formula is C13H16NO+. The molecule has 0 unspecified atom stereocenters. The Bertz CT molecular complexity index is 374. The zero-order valence-corrected chi connectivity index (χ0v) is 8.85. The molecule has 1 rings (SSSR count). The van der Waals surface area contributed by atoms with E-state index < -0.39 is 0 Å². The highest BCUT2D eigenvalue weighted by molar-refractivity contribution is 5.73. The second-order valence-electron chi connectivity index (χ2n) is 3.23. The first-order valence-corrected chi connectivity index (χ1v) is 4.82. The monoisotopic (exact) mass is 202 g/mol. The lowest BCUT2D eigenvalue weighted by Gasteiger charge is -2.00. The third-order valence-corrected chi connectivity index (χ3v) is 2.05. The summed E-state index contributed by atoms with van der Waals surface area (Å²) >= 11 is 0. The molecule has 1 aromatic carbocycles. The van der Waals surface area contributed by atoms with E-state index in [0.29, 0.717) is 0 Å². The second kappa shape index (κ2) is 5.96. The molecule has 0 aliphatic rings. The summed E-state index contributed by atoms with van der Waals surface area (Å²) in [5.74, 6) is 0.